The summed E-state index contributed by atoms with van der Waals surface area (Å²) in [4.78, 5) is 11.8. The van der Waals surface area contributed by atoms with E-state index in [2.05, 4.69) is 10.5 Å². The summed E-state index contributed by atoms with van der Waals surface area (Å²) in [6.45, 7) is 0. The molecule has 0 spiro atoms. The predicted molar refractivity (Wildman–Crippen MR) is 81.0 cm³/mol. The second kappa shape index (κ2) is 7.09. The van der Waals surface area contributed by atoms with Crippen molar-refractivity contribution >= 4 is 12.1 Å². The number of benzene rings is 2. The van der Waals surface area contributed by atoms with Crippen molar-refractivity contribution < 1.29 is 14.3 Å². The van der Waals surface area contributed by atoms with E-state index >= 15 is 0 Å². The van der Waals surface area contributed by atoms with Gasteiger partial charge in [0.2, 0.25) is 0 Å². The molecule has 0 unspecified atom stereocenters. The topological polar surface area (TPSA) is 59.9 Å². The number of rotatable bonds is 5. The van der Waals surface area contributed by atoms with Gasteiger partial charge in [0, 0.05) is 11.1 Å². The van der Waals surface area contributed by atoms with Crippen LogP contribution < -0.4 is 14.9 Å². The van der Waals surface area contributed by atoms with E-state index in [1.54, 1.807) is 56.7 Å². The van der Waals surface area contributed by atoms with E-state index in [0.717, 1.165) is 0 Å². The van der Waals surface area contributed by atoms with Crippen LogP contribution in [-0.4, -0.2) is 26.3 Å². The van der Waals surface area contributed by atoms with E-state index < -0.39 is 0 Å². The highest BCUT2D eigenvalue weighted by atomic mass is 16.5. The van der Waals surface area contributed by atoms with Crippen molar-refractivity contribution in [2.45, 2.75) is 0 Å². The van der Waals surface area contributed by atoms with Gasteiger partial charge in [0.15, 0.2) is 0 Å². The first-order valence-electron chi connectivity index (χ1n) is 6.35. The van der Waals surface area contributed by atoms with Crippen molar-refractivity contribution in [2.24, 2.45) is 5.10 Å². The minimum Gasteiger partial charge on any atom is -0.497 e. The summed E-state index contributed by atoms with van der Waals surface area (Å²) in [6.07, 6.45) is 1.52. The van der Waals surface area contributed by atoms with Gasteiger partial charge in [0.05, 0.1) is 20.4 Å². The van der Waals surface area contributed by atoms with Crippen molar-refractivity contribution in [2.75, 3.05) is 14.2 Å². The van der Waals surface area contributed by atoms with E-state index in [1.165, 1.54) is 6.21 Å². The van der Waals surface area contributed by atoms with Crippen LogP contribution in [0, 0.1) is 0 Å². The number of nitrogens with zero attached hydrogens (tertiary/aromatic N) is 1. The number of carbonyl (C=O) groups is 1. The molecule has 5 nitrogen and oxygen atoms in total. The first kappa shape index (κ1) is 14.6. The van der Waals surface area contributed by atoms with Crippen LogP contribution in [0.3, 0.4) is 0 Å². The molecule has 21 heavy (non-hydrogen) atoms. The van der Waals surface area contributed by atoms with Crippen LogP contribution in [0.5, 0.6) is 11.5 Å². The normalized spacial score (nSPS) is 10.4. The van der Waals surface area contributed by atoms with E-state index in [1.807, 2.05) is 6.07 Å². The molecule has 108 valence electrons. The lowest BCUT2D eigenvalue weighted by Gasteiger charge is -2.06. The fourth-order valence-electron chi connectivity index (χ4n) is 1.75. The zero-order chi connectivity index (χ0) is 15.1. The summed E-state index contributed by atoms with van der Waals surface area (Å²) in [6, 6.07) is 14.2. The molecule has 2 aromatic carbocycles. The van der Waals surface area contributed by atoms with Crippen molar-refractivity contribution in [3.8, 4) is 11.5 Å². The lowest BCUT2D eigenvalue weighted by Crippen LogP contribution is -2.17. The second-order valence-electron chi connectivity index (χ2n) is 4.17. The van der Waals surface area contributed by atoms with Crippen LogP contribution in [0.15, 0.2) is 53.6 Å². The van der Waals surface area contributed by atoms with Crippen molar-refractivity contribution in [1.82, 2.24) is 5.43 Å². The Morgan fingerprint density at radius 1 is 1.10 bits per heavy atom. The molecular weight excluding hydrogens is 268 g/mol. The number of hydrazone groups is 1. The molecule has 2 rings (SSSR count). The van der Waals surface area contributed by atoms with Gasteiger partial charge < -0.3 is 9.47 Å². The number of carbonyl (C=O) groups excluding carboxylic acids is 1. The Balaban J connectivity index is 2.09. The molecule has 0 aromatic heterocycles. The number of hydrogen-bond donors (Lipinski definition) is 1. The largest absolute Gasteiger partial charge is 0.497 e. The Labute approximate surface area is 123 Å². The van der Waals surface area contributed by atoms with Gasteiger partial charge in [0.1, 0.15) is 11.5 Å². The maximum absolute atomic E-state index is 11.8. The Bertz CT molecular complexity index is 639. The predicted octanol–water partition coefficient (Wildman–Crippen LogP) is 2.47. The Kier molecular flexibility index (Phi) is 4.93. The summed E-state index contributed by atoms with van der Waals surface area (Å²) in [5.41, 5.74) is 3.73. The SMILES string of the molecule is COc1ccc(OC)c(/C=N\NC(=O)c2ccccc2)c1. The quantitative estimate of drug-likeness (QED) is 0.677. The molecular formula is C16H16N2O3. The minimum atomic E-state index is -0.270. The third kappa shape index (κ3) is 3.82. The van der Waals surface area contributed by atoms with Crippen molar-refractivity contribution in [3.05, 3.63) is 59.7 Å². The van der Waals surface area contributed by atoms with E-state index in [-0.39, 0.29) is 5.91 Å². The van der Waals surface area contributed by atoms with Crippen LogP contribution in [0.1, 0.15) is 15.9 Å². The highest BCUT2D eigenvalue weighted by molar-refractivity contribution is 5.95. The maximum atomic E-state index is 11.8. The van der Waals surface area contributed by atoms with Crippen LogP contribution in [0.2, 0.25) is 0 Å². The highest BCUT2D eigenvalue weighted by Crippen LogP contribution is 2.22. The standard InChI is InChI=1S/C16H16N2O3/c1-20-14-8-9-15(21-2)13(10-14)11-17-18-16(19)12-6-4-3-5-7-12/h3-11H,1-2H3,(H,18,19)/b17-11-. The fraction of sp³-hybridized carbons (Fsp3) is 0.125. The van der Waals surface area contributed by atoms with Crippen LogP contribution in [0.4, 0.5) is 0 Å². The maximum Gasteiger partial charge on any atom is 0.271 e. The summed E-state index contributed by atoms with van der Waals surface area (Å²) >= 11 is 0. The first-order chi connectivity index (χ1) is 10.2. The first-order valence-corrected chi connectivity index (χ1v) is 6.35. The summed E-state index contributed by atoms with van der Waals surface area (Å²) in [7, 11) is 3.15. The Morgan fingerprint density at radius 2 is 1.86 bits per heavy atom. The number of amides is 1. The lowest BCUT2D eigenvalue weighted by molar-refractivity contribution is 0.0955. The molecule has 1 amide bonds. The molecule has 0 saturated carbocycles. The molecule has 5 heteroatoms. The van der Waals surface area contributed by atoms with Crippen LogP contribution in [-0.2, 0) is 0 Å². The third-order valence-corrected chi connectivity index (χ3v) is 2.84. The molecule has 0 heterocycles. The van der Waals surface area contributed by atoms with Crippen molar-refractivity contribution in [1.29, 1.82) is 0 Å². The van der Waals surface area contributed by atoms with E-state index in [9.17, 15) is 4.79 Å². The van der Waals surface area contributed by atoms with Gasteiger partial charge in [0.25, 0.3) is 5.91 Å². The summed E-state index contributed by atoms with van der Waals surface area (Å²) in [5.74, 6) is 1.06. The van der Waals surface area contributed by atoms with Gasteiger partial charge in [-0.1, -0.05) is 18.2 Å². The molecule has 0 aliphatic rings. The smallest absolute Gasteiger partial charge is 0.271 e. The molecule has 1 N–H and O–H groups in total. The molecule has 0 aliphatic carbocycles. The highest BCUT2D eigenvalue weighted by Gasteiger charge is 2.04. The zero-order valence-corrected chi connectivity index (χ0v) is 11.9. The zero-order valence-electron chi connectivity index (χ0n) is 11.9. The number of methoxy groups -OCH3 is 2. The van der Waals surface area contributed by atoms with Gasteiger partial charge >= 0.3 is 0 Å². The molecule has 0 aliphatic heterocycles. The van der Waals surface area contributed by atoms with Crippen molar-refractivity contribution in [3.63, 3.8) is 0 Å². The number of nitrogens with one attached hydrogen (secondary N) is 1. The van der Waals surface area contributed by atoms with Gasteiger partial charge in [-0.15, -0.1) is 0 Å². The molecule has 2 aromatic rings. The monoisotopic (exact) mass is 284 g/mol. The third-order valence-electron chi connectivity index (χ3n) is 2.84. The minimum absolute atomic E-state index is 0.270. The molecule has 0 atom stereocenters. The number of ether oxygens (including phenoxy) is 2. The average molecular weight is 284 g/mol. The fourth-order valence-corrected chi connectivity index (χ4v) is 1.75. The Hall–Kier alpha value is -2.82. The molecule has 0 fully saturated rings. The van der Waals surface area contributed by atoms with Gasteiger partial charge in [-0.05, 0) is 30.3 Å². The number of hydrogen-bond acceptors (Lipinski definition) is 4. The van der Waals surface area contributed by atoms with Gasteiger partial charge in [-0.2, -0.15) is 5.10 Å². The van der Waals surface area contributed by atoms with Crippen LogP contribution in [0.25, 0.3) is 0 Å². The van der Waals surface area contributed by atoms with E-state index in [0.29, 0.717) is 22.6 Å². The van der Waals surface area contributed by atoms with Gasteiger partial charge in [-0.25, -0.2) is 5.43 Å². The summed E-state index contributed by atoms with van der Waals surface area (Å²) in [5, 5.41) is 3.94. The molecule has 0 saturated heterocycles. The average Bonchev–Trinajstić information content (AvgIpc) is 2.55. The van der Waals surface area contributed by atoms with Crippen LogP contribution >= 0.6 is 0 Å². The second-order valence-corrected chi connectivity index (χ2v) is 4.17. The molecule has 0 radical (unpaired) electrons. The summed E-state index contributed by atoms with van der Waals surface area (Å²) < 4.78 is 10.4. The van der Waals surface area contributed by atoms with Gasteiger partial charge in [-0.3, -0.25) is 4.79 Å². The lowest BCUT2D eigenvalue weighted by atomic mass is 10.2. The Morgan fingerprint density at radius 3 is 2.52 bits per heavy atom. The molecule has 0 bridgehead atoms. The van der Waals surface area contributed by atoms with E-state index in [4.69, 9.17) is 9.47 Å².